The molecule has 2 bridgehead atoms. The molecule has 2 atom stereocenters. The van der Waals surface area contributed by atoms with E-state index in [1.54, 1.807) is 0 Å². The van der Waals surface area contributed by atoms with Crippen LogP contribution in [0, 0.1) is 22.7 Å². The van der Waals surface area contributed by atoms with Crippen LogP contribution < -0.4 is 0 Å². The molecule has 0 aromatic rings. The average molecular weight is 382 g/mol. The van der Waals surface area contributed by atoms with Crippen molar-refractivity contribution in [1.82, 2.24) is 0 Å². The van der Waals surface area contributed by atoms with Crippen LogP contribution in [0.25, 0.3) is 0 Å². The maximum absolute atomic E-state index is 13.2. The standard InChI is InChI=1S/C11H6F12O/c12-8(13,14)6(9(15,16)17)3-1-2-4(5(3)24)7(6,10(18,19)20)11(21,22)23/h1-5,24H. The van der Waals surface area contributed by atoms with E-state index < -0.39 is 53.5 Å². The SMILES string of the molecule is OC1C2C=CC1C(C(F)(F)F)(C(F)(F)F)C2(C(F)(F)F)C(F)(F)F. The Balaban J connectivity index is 3.08. The summed E-state index contributed by atoms with van der Waals surface area (Å²) in [7, 11) is 0. The predicted octanol–water partition coefficient (Wildman–Crippen LogP) is 4.39. The Bertz CT molecular complexity index is 471. The third-order valence-corrected chi connectivity index (χ3v) is 4.67. The highest BCUT2D eigenvalue weighted by molar-refractivity contribution is 5.35. The minimum atomic E-state index is -6.98. The van der Waals surface area contributed by atoms with Crippen molar-refractivity contribution >= 4 is 0 Å². The number of halogens is 12. The van der Waals surface area contributed by atoms with Crippen molar-refractivity contribution in [2.45, 2.75) is 30.8 Å². The maximum Gasteiger partial charge on any atom is 0.405 e. The summed E-state index contributed by atoms with van der Waals surface area (Å²) < 4.78 is 159. The second-order valence-electron chi connectivity index (χ2n) is 5.53. The van der Waals surface area contributed by atoms with E-state index in [0.717, 1.165) is 0 Å². The minimum Gasteiger partial charge on any atom is -0.392 e. The van der Waals surface area contributed by atoms with Gasteiger partial charge in [0.25, 0.3) is 0 Å². The summed E-state index contributed by atoms with van der Waals surface area (Å²) in [4.78, 5) is 0. The van der Waals surface area contributed by atoms with Crippen molar-refractivity contribution < 1.29 is 57.8 Å². The van der Waals surface area contributed by atoms with Crippen LogP contribution in [0.15, 0.2) is 12.2 Å². The predicted molar refractivity (Wildman–Crippen MR) is 51.2 cm³/mol. The quantitative estimate of drug-likeness (QED) is 0.487. The topological polar surface area (TPSA) is 20.2 Å². The zero-order valence-electron chi connectivity index (χ0n) is 10.9. The molecule has 2 rings (SSSR count). The average Bonchev–Trinajstić information content (AvgIpc) is 2.75. The number of fused-ring (bicyclic) bond motifs is 2. The molecule has 2 aliphatic rings. The molecule has 1 saturated carbocycles. The highest BCUT2D eigenvalue weighted by Crippen LogP contribution is 2.81. The van der Waals surface area contributed by atoms with Crippen LogP contribution >= 0.6 is 0 Å². The van der Waals surface area contributed by atoms with Crippen LogP contribution in [-0.4, -0.2) is 35.9 Å². The molecule has 140 valence electrons. The van der Waals surface area contributed by atoms with Gasteiger partial charge in [-0.05, 0) is 0 Å². The number of hydrogen-bond acceptors (Lipinski definition) is 1. The van der Waals surface area contributed by atoms with Crippen LogP contribution in [0.1, 0.15) is 0 Å². The molecule has 0 spiro atoms. The smallest absolute Gasteiger partial charge is 0.392 e. The van der Waals surface area contributed by atoms with E-state index in [1.807, 2.05) is 0 Å². The van der Waals surface area contributed by atoms with Crippen LogP contribution in [0.4, 0.5) is 52.7 Å². The summed E-state index contributed by atoms with van der Waals surface area (Å²) in [5.41, 5.74) is -12.5. The molecule has 0 radical (unpaired) electrons. The molecule has 13 heteroatoms. The molecular weight excluding hydrogens is 376 g/mol. The zero-order chi connectivity index (χ0) is 19.1. The lowest BCUT2D eigenvalue weighted by Gasteiger charge is -2.52. The summed E-state index contributed by atoms with van der Waals surface area (Å²) in [6.45, 7) is 0. The molecule has 0 amide bonds. The van der Waals surface area contributed by atoms with Gasteiger partial charge >= 0.3 is 24.7 Å². The Morgan fingerprint density at radius 3 is 0.917 bits per heavy atom. The van der Waals surface area contributed by atoms with Gasteiger partial charge in [-0.15, -0.1) is 0 Å². The Hall–Kier alpha value is -1.14. The second-order valence-corrected chi connectivity index (χ2v) is 5.53. The molecule has 1 nitrogen and oxygen atoms in total. The lowest BCUT2D eigenvalue weighted by Crippen LogP contribution is -2.72. The van der Waals surface area contributed by atoms with Crippen molar-refractivity contribution in [2.75, 3.05) is 0 Å². The van der Waals surface area contributed by atoms with E-state index >= 15 is 0 Å². The summed E-state index contributed by atoms with van der Waals surface area (Å²) in [6, 6.07) is 0. The van der Waals surface area contributed by atoms with Gasteiger partial charge < -0.3 is 5.11 Å². The fourth-order valence-electron chi connectivity index (χ4n) is 3.99. The number of aliphatic hydroxyl groups is 1. The normalized spacial score (nSPS) is 32.5. The molecule has 1 N–H and O–H groups in total. The monoisotopic (exact) mass is 382 g/mol. The second kappa shape index (κ2) is 4.52. The first kappa shape index (κ1) is 19.2. The lowest BCUT2D eigenvalue weighted by atomic mass is 9.55. The van der Waals surface area contributed by atoms with Gasteiger partial charge in [0, 0.05) is 11.8 Å². The molecule has 1 fully saturated rings. The largest absolute Gasteiger partial charge is 0.405 e. The van der Waals surface area contributed by atoms with Gasteiger partial charge in [-0.25, -0.2) is 0 Å². The van der Waals surface area contributed by atoms with Crippen LogP contribution in [0.3, 0.4) is 0 Å². The molecular formula is C11H6F12O. The highest BCUT2D eigenvalue weighted by Gasteiger charge is 3.00. The van der Waals surface area contributed by atoms with Gasteiger partial charge in [-0.2, -0.15) is 52.7 Å². The molecule has 0 aromatic heterocycles. The highest BCUT2D eigenvalue weighted by atomic mass is 19.4. The van der Waals surface area contributed by atoms with E-state index in [2.05, 4.69) is 0 Å². The molecule has 0 aromatic carbocycles. The number of alkyl halides is 12. The van der Waals surface area contributed by atoms with E-state index in [-0.39, 0.29) is 12.2 Å². The van der Waals surface area contributed by atoms with Gasteiger partial charge in [0.05, 0.1) is 6.10 Å². The first-order chi connectivity index (χ1) is 10.4. The lowest BCUT2D eigenvalue weighted by molar-refractivity contribution is -0.474. The summed E-state index contributed by atoms with van der Waals surface area (Å²) in [6.07, 6.45) is -31.3. The first-order valence-corrected chi connectivity index (χ1v) is 6.02. The van der Waals surface area contributed by atoms with Gasteiger partial charge in [0.15, 0.2) is 10.8 Å². The Morgan fingerprint density at radius 2 is 0.750 bits per heavy atom. The van der Waals surface area contributed by atoms with E-state index in [0.29, 0.717) is 0 Å². The van der Waals surface area contributed by atoms with E-state index in [1.165, 1.54) is 0 Å². The summed E-state index contributed by atoms with van der Waals surface area (Å²) in [5, 5.41) is 9.39. The van der Waals surface area contributed by atoms with Crippen LogP contribution in [0.2, 0.25) is 0 Å². The fraction of sp³-hybridized carbons (Fsp3) is 0.818. The third kappa shape index (κ3) is 1.74. The minimum absolute atomic E-state index is 0.0912. The maximum atomic E-state index is 13.2. The number of rotatable bonds is 0. The molecule has 0 saturated heterocycles. The third-order valence-electron chi connectivity index (χ3n) is 4.67. The van der Waals surface area contributed by atoms with Crippen molar-refractivity contribution in [1.29, 1.82) is 0 Å². The van der Waals surface area contributed by atoms with Gasteiger partial charge in [-0.1, -0.05) is 12.2 Å². The fourth-order valence-corrected chi connectivity index (χ4v) is 3.99. The zero-order valence-corrected chi connectivity index (χ0v) is 10.9. The number of hydrogen-bond donors (Lipinski definition) is 1. The summed E-state index contributed by atoms with van der Waals surface area (Å²) >= 11 is 0. The Labute approximate surface area is 124 Å². The van der Waals surface area contributed by atoms with Crippen molar-refractivity contribution in [2.24, 2.45) is 22.7 Å². The first-order valence-electron chi connectivity index (χ1n) is 6.02. The molecule has 0 aliphatic heterocycles. The van der Waals surface area contributed by atoms with Gasteiger partial charge in [-0.3, -0.25) is 0 Å². The van der Waals surface area contributed by atoms with Crippen molar-refractivity contribution in [3.05, 3.63) is 12.2 Å². The van der Waals surface area contributed by atoms with Gasteiger partial charge in [0.1, 0.15) is 0 Å². The molecule has 24 heavy (non-hydrogen) atoms. The van der Waals surface area contributed by atoms with Crippen molar-refractivity contribution in [3.8, 4) is 0 Å². The van der Waals surface area contributed by atoms with Crippen LogP contribution in [0.5, 0.6) is 0 Å². The molecule has 2 unspecified atom stereocenters. The Kier molecular flexibility index (Phi) is 3.62. The van der Waals surface area contributed by atoms with E-state index in [4.69, 9.17) is 0 Å². The van der Waals surface area contributed by atoms with Gasteiger partial charge in [0.2, 0.25) is 0 Å². The Morgan fingerprint density at radius 1 is 0.542 bits per heavy atom. The summed E-state index contributed by atoms with van der Waals surface area (Å²) in [5.74, 6) is -6.93. The van der Waals surface area contributed by atoms with E-state index in [9.17, 15) is 57.8 Å². The molecule has 2 aliphatic carbocycles. The van der Waals surface area contributed by atoms with Crippen LogP contribution in [-0.2, 0) is 0 Å². The molecule has 0 heterocycles. The number of aliphatic hydroxyl groups excluding tert-OH is 1. The van der Waals surface area contributed by atoms with Crippen molar-refractivity contribution in [3.63, 3.8) is 0 Å².